The van der Waals surface area contributed by atoms with Crippen molar-refractivity contribution >= 4 is 23.3 Å². The summed E-state index contributed by atoms with van der Waals surface area (Å²) in [6.45, 7) is 6.19. The van der Waals surface area contributed by atoms with Crippen molar-refractivity contribution in [2.75, 3.05) is 18.4 Å². The third-order valence-electron chi connectivity index (χ3n) is 5.94. The van der Waals surface area contributed by atoms with Gasteiger partial charge < -0.3 is 10.2 Å². The van der Waals surface area contributed by atoms with Gasteiger partial charge >= 0.3 is 0 Å². The van der Waals surface area contributed by atoms with Crippen molar-refractivity contribution < 1.29 is 8.78 Å². The number of likely N-dealkylation sites (tertiary alicyclic amines) is 1. The Labute approximate surface area is 194 Å². The van der Waals surface area contributed by atoms with Crippen LogP contribution in [0, 0.1) is 24.5 Å². The van der Waals surface area contributed by atoms with E-state index in [9.17, 15) is 8.78 Å². The van der Waals surface area contributed by atoms with Gasteiger partial charge in [0, 0.05) is 24.3 Å². The fourth-order valence-electron chi connectivity index (χ4n) is 4.18. The molecule has 3 aromatic carbocycles. The number of allylic oxidation sites excluding steroid dienone is 1. The van der Waals surface area contributed by atoms with Gasteiger partial charge in [0.15, 0.2) is 0 Å². The van der Waals surface area contributed by atoms with Crippen molar-refractivity contribution in [1.82, 2.24) is 4.90 Å². The van der Waals surface area contributed by atoms with E-state index >= 15 is 0 Å². The first-order valence-corrected chi connectivity index (χ1v) is 11.4. The summed E-state index contributed by atoms with van der Waals surface area (Å²) in [5.41, 5.74) is 5.54. The van der Waals surface area contributed by atoms with Crippen LogP contribution in [0.2, 0.25) is 0 Å². The molecule has 3 nitrogen and oxygen atoms in total. The molecular formula is C28H29F2N3. The smallest absolute Gasteiger partial charge is 0.123 e. The van der Waals surface area contributed by atoms with Crippen LogP contribution in [-0.2, 0) is 0 Å². The second-order valence-corrected chi connectivity index (χ2v) is 8.64. The van der Waals surface area contributed by atoms with Gasteiger partial charge in [-0.05, 0) is 79.8 Å². The summed E-state index contributed by atoms with van der Waals surface area (Å²) >= 11 is 0. The minimum absolute atomic E-state index is 0.273. The Hall–Kier alpha value is -3.47. The zero-order chi connectivity index (χ0) is 23.2. The number of nitrogens with zero attached hydrogens (tertiary/aromatic N) is 2. The molecule has 33 heavy (non-hydrogen) atoms. The van der Waals surface area contributed by atoms with Crippen LogP contribution in [0.3, 0.4) is 0 Å². The van der Waals surface area contributed by atoms with Crippen LogP contribution in [-0.4, -0.2) is 24.2 Å². The van der Waals surface area contributed by atoms with E-state index in [1.54, 1.807) is 24.3 Å². The van der Waals surface area contributed by atoms with Crippen LogP contribution in [0.4, 0.5) is 20.2 Å². The molecule has 5 heteroatoms. The van der Waals surface area contributed by atoms with Crippen LogP contribution in [0.1, 0.15) is 30.9 Å². The third-order valence-corrected chi connectivity index (χ3v) is 5.94. The quantitative estimate of drug-likeness (QED) is 0.407. The molecule has 4 rings (SSSR count). The maximum absolute atomic E-state index is 13.5. The summed E-state index contributed by atoms with van der Waals surface area (Å²) < 4.78 is 26.9. The van der Waals surface area contributed by atoms with Crippen molar-refractivity contribution in [3.05, 3.63) is 101 Å². The Kier molecular flexibility index (Phi) is 7.18. The van der Waals surface area contributed by atoms with Gasteiger partial charge in [0.2, 0.25) is 0 Å². The Morgan fingerprint density at radius 3 is 2.30 bits per heavy atom. The van der Waals surface area contributed by atoms with Gasteiger partial charge in [-0.25, -0.2) is 8.78 Å². The molecule has 3 aromatic rings. The molecular weight excluding hydrogens is 416 g/mol. The Morgan fingerprint density at radius 1 is 0.970 bits per heavy atom. The third kappa shape index (κ3) is 5.86. The van der Waals surface area contributed by atoms with Crippen molar-refractivity contribution in [2.24, 2.45) is 10.9 Å². The number of piperidine rings is 1. The number of benzene rings is 3. The predicted molar refractivity (Wildman–Crippen MR) is 133 cm³/mol. The molecule has 0 bridgehead atoms. The molecule has 0 saturated carbocycles. The lowest BCUT2D eigenvalue weighted by Crippen LogP contribution is -2.35. The molecule has 1 saturated heterocycles. The number of hydrogen-bond acceptors (Lipinski definition) is 3. The van der Waals surface area contributed by atoms with E-state index in [1.807, 2.05) is 18.3 Å². The zero-order valence-corrected chi connectivity index (χ0v) is 19.1. The lowest BCUT2D eigenvalue weighted by atomic mass is 9.98. The van der Waals surface area contributed by atoms with E-state index in [1.165, 1.54) is 30.7 Å². The number of aryl methyl sites for hydroxylation is 1. The molecule has 1 fully saturated rings. The lowest BCUT2D eigenvalue weighted by Gasteiger charge is -2.35. The van der Waals surface area contributed by atoms with Crippen LogP contribution in [0.5, 0.6) is 0 Å². The maximum Gasteiger partial charge on any atom is 0.123 e. The van der Waals surface area contributed by atoms with Crippen LogP contribution in [0.15, 0.2) is 83.5 Å². The highest BCUT2D eigenvalue weighted by Crippen LogP contribution is 2.29. The summed E-state index contributed by atoms with van der Waals surface area (Å²) in [6, 6.07) is 20.7. The first-order chi connectivity index (χ1) is 16.0. The minimum atomic E-state index is -0.284. The van der Waals surface area contributed by atoms with E-state index < -0.39 is 0 Å². The molecule has 170 valence electrons. The molecule has 1 atom stereocenters. The first-order valence-electron chi connectivity index (χ1n) is 11.4. The predicted octanol–water partition coefficient (Wildman–Crippen LogP) is 7.19. The normalized spacial score (nSPS) is 17.2. The SMILES string of the molecule is Cc1ccccc1C(Nc1ccc(F)cc1)=C(C=Nc1ccc(F)cc1)N1CCCC(C)C1. The summed E-state index contributed by atoms with van der Waals surface area (Å²) in [5.74, 6) is 0.00924. The van der Waals surface area contributed by atoms with Crippen molar-refractivity contribution in [2.45, 2.75) is 26.7 Å². The minimum Gasteiger partial charge on any atom is -0.368 e. The molecule has 0 aliphatic carbocycles. The summed E-state index contributed by atoms with van der Waals surface area (Å²) in [6.07, 6.45) is 4.17. The largest absolute Gasteiger partial charge is 0.368 e. The van der Waals surface area contributed by atoms with Gasteiger partial charge in [-0.1, -0.05) is 31.2 Å². The summed E-state index contributed by atoms with van der Waals surface area (Å²) in [7, 11) is 0. The van der Waals surface area contributed by atoms with Gasteiger partial charge in [-0.15, -0.1) is 0 Å². The maximum atomic E-state index is 13.5. The average molecular weight is 446 g/mol. The average Bonchev–Trinajstić information content (AvgIpc) is 2.81. The second-order valence-electron chi connectivity index (χ2n) is 8.64. The summed E-state index contributed by atoms with van der Waals surface area (Å²) in [4.78, 5) is 7.05. The van der Waals surface area contributed by atoms with Gasteiger partial charge in [0.05, 0.1) is 23.3 Å². The fraction of sp³-hybridized carbons (Fsp3) is 0.250. The van der Waals surface area contributed by atoms with Crippen molar-refractivity contribution in [1.29, 1.82) is 0 Å². The number of anilines is 1. The molecule has 0 amide bonds. The zero-order valence-electron chi connectivity index (χ0n) is 19.1. The Morgan fingerprint density at radius 2 is 1.64 bits per heavy atom. The highest BCUT2D eigenvalue weighted by atomic mass is 19.1. The van der Waals surface area contributed by atoms with Crippen LogP contribution < -0.4 is 5.32 Å². The van der Waals surface area contributed by atoms with Gasteiger partial charge in [-0.2, -0.15) is 0 Å². The summed E-state index contributed by atoms with van der Waals surface area (Å²) in [5, 5.41) is 3.54. The molecule has 0 aromatic heterocycles. The molecule has 0 radical (unpaired) electrons. The number of halogens is 2. The molecule has 1 heterocycles. The Bertz CT molecular complexity index is 1130. The fourth-order valence-corrected chi connectivity index (χ4v) is 4.18. The van der Waals surface area contributed by atoms with E-state index in [-0.39, 0.29) is 11.6 Å². The van der Waals surface area contributed by atoms with E-state index in [0.29, 0.717) is 11.6 Å². The van der Waals surface area contributed by atoms with Crippen molar-refractivity contribution in [3.63, 3.8) is 0 Å². The molecule has 1 aliphatic heterocycles. The van der Waals surface area contributed by atoms with Crippen LogP contribution >= 0.6 is 0 Å². The van der Waals surface area contributed by atoms with Gasteiger partial charge in [0.1, 0.15) is 11.6 Å². The van der Waals surface area contributed by atoms with Gasteiger partial charge in [-0.3, -0.25) is 4.99 Å². The number of nitrogens with one attached hydrogen (secondary N) is 1. The van der Waals surface area contributed by atoms with Crippen molar-refractivity contribution in [3.8, 4) is 0 Å². The second kappa shape index (κ2) is 10.4. The van der Waals surface area contributed by atoms with Gasteiger partial charge in [0.25, 0.3) is 0 Å². The monoisotopic (exact) mass is 445 g/mol. The van der Waals surface area contributed by atoms with E-state index in [2.05, 4.69) is 41.2 Å². The highest BCUT2D eigenvalue weighted by molar-refractivity contribution is 5.95. The Balaban J connectivity index is 1.85. The number of hydrogen-bond donors (Lipinski definition) is 1. The highest BCUT2D eigenvalue weighted by Gasteiger charge is 2.22. The molecule has 1 aliphatic rings. The molecule has 1 unspecified atom stereocenters. The molecule has 1 N–H and O–H groups in total. The molecule has 0 spiro atoms. The standard InChI is InChI=1S/C28H29F2N3/c1-20-6-5-17-33(19-20)27(18-31-24-13-9-22(29)10-14-24)28(26-8-4-3-7-21(26)2)32-25-15-11-23(30)12-16-25/h3-4,7-16,18,20,32H,5-6,17,19H2,1-2H3. The lowest BCUT2D eigenvalue weighted by molar-refractivity contribution is 0.240. The van der Waals surface area contributed by atoms with E-state index in [4.69, 9.17) is 0 Å². The van der Waals surface area contributed by atoms with E-state index in [0.717, 1.165) is 47.7 Å². The number of rotatable bonds is 6. The first kappa shape index (κ1) is 22.7. The number of aliphatic imine (C=N–C) groups is 1. The topological polar surface area (TPSA) is 27.6 Å². The van der Waals surface area contributed by atoms with Crippen LogP contribution in [0.25, 0.3) is 5.70 Å².